The topological polar surface area (TPSA) is 29.3 Å². The Morgan fingerprint density at radius 3 is 2.56 bits per heavy atom. The summed E-state index contributed by atoms with van der Waals surface area (Å²) >= 11 is 0. The first-order chi connectivity index (χ1) is 7.47. The van der Waals surface area contributed by atoms with Gasteiger partial charge in [0.15, 0.2) is 0 Å². The lowest BCUT2D eigenvalue weighted by Gasteiger charge is -2.45. The van der Waals surface area contributed by atoms with Gasteiger partial charge in [0.25, 0.3) is 0 Å². The average molecular weight is 224 g/mol. The van der Waals surface area contributed by atoms with Crippen molar-refractivity contribution in [3.8, 4) is 0 Å². The molecule has 2 N–H and O–H groups in total. The fourth-order valence-corrected chi connectivity index (χ4v) is 3.83. The van der Waals surface area contributed by atoms with Crippen molar-refractivity contribution in [2.24, 2.45) is 17.1 Å². The molecule has 0 bridgehead atoms. The SMILES string of the molecule is CC1CCCN(C2(CN)CCC(C)(C)C2)C1. The molecule has 0 aromatic heterocycles. The number of hydrogen-bond donors (Lipinski definition) is 1. The molecule has 94 valence electrons. The molecule has 0 amide bonds. The lowest BCUT2D eigenvalue weighted by molar-refractivity contribution is 0.0483. The second-order valence-electron chi connectivity index (χ2n) is 6.96. The first-order valence-corrected chi connectivity index (χ1v) is 6.93. The molecule has 0 aromatic carbocycles. The van der Waals surface area contributed by atoms with Crippen molar-refractivity contribution in [3.63, 3.8) is 0 Å². The standard InChI is InChI=1S/C14H28N2/c1-12-5-4-8-16(9-12)14(11-15)7-6-13(2,3)10-14/h12H,4-11,15H2,1-3H3. The van der Waals surface area contributed by atoms with Crippen LogP contribution in [-0.2, 0) is 0 Å². The van der Waals surface area contributed by atoms with E-state index in [1.54, 1.807) is 0 Å². The molecule has 2 aliphatic rings. The first kappa shape index (κ1) is 12.4. The minimum Gasteiger partial charge on any atom is -0.329 e. The summed E-state index contributed by atoms with van der Waals surface area (Å²) in [4.78, 5) is 2.72. The summed E-state index contributed by atoms with van der Waals surface area (Å²) < 4.78 is 0. The Morgan fingerprint density at radius 1 is 1.31 bits per heavy atom. The zero-order valence-electron chi connectivity index (χ0n) is 11.3. The molecule has 2 unspecified atom stereocenters. The highest BCUT2D eigenvalue weighted by Gasteiger charge is 2.46. The predicted octanol–water partition coefficient (Wildman–Crippen LogP) is 2.63. The zero-order chi connectivity index (χ0) is 11.8. The van der Waals surface area contributed by atoms with Crippen LogP contribution in [0.3, 0.4) is 0 Å². The van der Waals surface area contributed by atoms with E-state index in [4.69, 9.17) is 5.73 Å². The van der Waals surface area contributed by atoms with Crippen LogP contribution in [0.4, 0.5) is 0 Å². The molecule has 0 spiro atoms. The van der Waals surface area contributed by atoms with Crippen molar-refractivity contribution in [1.29, 1.82) is 0 Å². The molecule has 2 atom stereocenters. The Kier molecular flexibility index (Phi) is 3.33. The van der Waals surface area contributed by atoms with Gasteiger partial charge in [0.1, 0.15) is 0 Å². The van der Waals surface area contributed by atoms with Crippen LogP contribution >= 0.6 is 0 Å². The van der Waals surface area contributed by atoms with Gasteiger partial charge in [-0.2, -0.15) is 0 Å². The van der Waals surface area contributed by atoms with Crippen LogP contribution in [0.1, 0.15) is 52.9 Å². The van der Waals surface area contributed by atoms with E-state index in [1.807, 2.05) is 0 Å². The molecule has 16 heavy (non-hydrogen) atoms. The second-order valence-corrected chi connectivity index (χ2v) is 6.96. The molecular formula is C14H28N2. The van der Waals surface area contributed by atoms with Gasteiger partial charge in [0, 0.05) is 18.6 Å². The van der Waals surface area contributed by atoms with E-state index in [2.05, 4.69) is 25.7 Å². The van der Waals surface area contributed by atoms with Gasteiger partial charge in [-0.15, -0.1) is 0 Å². The molecule has 1 saturated heterocycles. The molecule has 2 nitrogen and oxygen atoms in total. The lowest BCUT2D eigenvalue weighted by atomic mass is 9.85. The molecule has 1 saturated carbocycles. The lowest BCUT2D eigenvalue weighted by Crippen LogP contribution is -2.55. The molecule has 2 fully saturated rings. The van der Waals surface area contributed by atoms with Crippen molar-refractivity contribution in [3.05, 3.63) is 0 Å². The number of piperidine rings is 1. The number of hydrogen-bond acceptors (Lipinski definition) is 2. The molecule has 1 heterocycles. The van der Waals surface area contributed by atoms with Crippen LogP contribution in [0.25, 0.3) is 0 Å². The fraction of sp³-hybridized carbons (Fsp3) is 1.00. The van der Waals surface area contributed by atoms with E-state index in [0.29, 0.717) is 11.0 Å². The fourth-order valence-electron chi connectivity index (χ4n) is 3.83. The number of nitrogens with zero attached hydrogens (tertiary/aromatic N) is 1. The van der Waals surface area contributed by atoms with Gasteiger partial charge in [-0.25, -0.2) is 0 Å². The molecule has 1 aliphatic heterocycles. The maximum Gasteiger partial charge on any atom is 0.0337 e. The number of likely N-dealkylation sites (tertiary alicyclic amines) is 1. The highest BCUT2D eigenvalue weighted by Crippen LogP contribution is 2.47. The molecule has 0 aromatic rings. The summed E-state index contributed by atoms with van der Waals surface area (Å²) in [6.45, 7) is 10.6. The summed E-state index contributed by atoms with van der Waals surface area (Å²) in [5.74, 6) is 0.862. The monoisotopic (exact) mass is 224 g/mol. The third-order valence-electron chi connectivity index (χ3n) is 4.78. The molecule has 0 radical (unpaired) electrons. The van der Waals surface area contributed by atoms with E-state index in [-0.39, 0.29) is 0 Å². The molecular weight excluding hydrogens is 196 g/mol. The quantitative estimate of drug-likeness (QED) is 0.781. The minimum atomic E-state index is 0.332. The second kappa shape index (κ2) is 4.30. The molecule has 2 heteroatoms. The van der Waals surface area contributed by atoms with Crippen molar-refractivity contribution in [2.45, 2.75) is 58.4 Å². The highest BCUT2D eigenvalue weighted by atomic mass is 15.2. The van der Waals surface area contributed by atoms with Crippen LogP contribution in [0.2, 0.25) is 0 Å². The maximum atomic E-state index is 6.12. The van der Waals surface area contributed by atoms with Gasteiger partial charge < -0.3 is 5.73 Å². The minimum absolute atomic E-state index is 0.332. The van der Waals surface area contributed by atoms with Gasteiger partial charge in [-0.1, -0.05) is 20.8 Å². The highest BCUT2D eigenvalue weighted by molar-refractivity contribution is 5.03. The van der Waals surface area contributed by atoms with Crippen LogP contribution in [0.5, 0.6) is 0 Å². The summed E-state index contributed by atoms with van der Waals surface area (Å²) in [5, 5.41) is 0. The predicted molar refractivity (Wildman–Crippen MR) is 69.4 cm³/mol. The van der Waals surface area contributed by atoms with Crippen LogP contribution in [0, 0.1) is 11.3 Å². The smallest absolute Gasteiger partial charge is 0.0337 e. The third kappa shape index (κ3) is 2.28. The van der Waals surface area contributed by atoms with E-state index in [1.165, 1.54) is 45.2 Å². The average Bonchev–Trinajstić information content (AvgIpc) is 2.56. The largest absolute Gasteiger partial charge is 0.329 e. The van der Waals surface area contributed by atoms with E-state index < -0.39 is 0 Å². The Labute approximate surface area is 101 Å². The van der Waals surface area contributed by atoms with E-state index in [9.17, 15) is 0 Å². The van der Waals surface area contributed by atoms with Gasteiger partial charge in [-0.05, 0) is 50.0 Å². The summed E-state index contributed by atoms with van der Waals surface area (Å²) in [7, 11) is 0. The van der Waals surface area contributed by atoms with Crippen molar-refractivity contribution < 1.29 is 0 Å². The van der Waals surface area contributed by atoms with Crippen LogP contribution < -0.4 is 5.73 Å². The Hall–Kier alpha value is -0.0800. The van der Waals surface area contributed by atoms with Gasteiger partial charge in [0.05, 0.1) is 0 Å². The van der Waals surface area contributed by atoms with Crippen LogP contribution in [-0.4, -0.2) is 30.1 Å². The Balaban J connectivity index is 2.09. The van der Waals surface area contributed by atoms with Crippen molar-refractivity contribution in [1.82, 2.24) is 4.90 Å². The summed E-state index contributed by atoms with van der Waals surface area (Å²) in [5.41, 5.74) is 6.96. The van der Waals surface area contributed by atoms with Gasteiger partial charge in [-0.3, -0.25) is 4.90 Å². The number of nitrogens with two attached hydrogens (primary N) is 1. The Morgan fingerprint density at radius 2 is 2.06 bits per heavy atom. The van der Waals surface area contributed by atoms with Gasteiger partial charge in [0.2, 0.25) is 0 Å². The van der Waals surface area contributed by atoms with E-state index in [0.717, 1.165) is 12.5 Å². The molecule has 2 rings (SSSR count). The van der Waals surface area contributed by atoms with Crippen molar-refractivity contribution >= 4 is 0 Å². The normalized spacial score (nSPS) is 40.1. The Bertz CT molecular complexity index is 249. The third-order valence-corrected chi connectivity index (χ3v) is 4.78. The number of rotatable bonds is 2. The summed E-state index contributed by atoms with van der Waals surface area (Å²) in [6.07, 6.45) is 6.71. The zero-order valence-corrected chi connectivity index (χ0v) is 11.3. The molecule has 1 aliphatic carbocycles. The maximum absolute atomic E-state index is 6.12. The summed E-state index contributed by atoms with van der Waals surface area (Å²) in [6, 6.07) is 0. The van der Waals surface area contributed by atoms with E-state index >= 15 is 0 Å². The van der Waals surface area contributed by atoms with Crippen molar-refractivity contribution in [2.75, 3.05) is 19.6 Å². The van der Waals surface area contributed by atoms with Gasteiger partial charge >= 0.3 is 0 Å². The van der Waals surface area contributed by atoms with Crippen LogP contribution in [0.15, 0.2) is 0 Å². The first-order valence-electron chi connectivity index (χ1n) is 6.93.